The number of hydrogen-bond acceptors (Lipinski definition) is 5. The Hall–Kier alpha value is -3.80. The molecule has 0 fully saturated rings. The molecule has 6 heteroatoms. The van der Waals surface area contributed by atoms with Gasteiger partial charge in [-0.3, -0.25) is 9.59 Å². The molecule has 0 N–H and O–H groups in total. The highest BCUT2D eigenvalue weighted by atomic mass is 16.5. The molecule has 0 saturated carbocycles. The first kappa shape index (κ1) is 19.2. The van der Waals surface area contributed by atoms with Gasteiger partial charge in [0.2, 0.25) is 5.76 Å². The van der Waals surface area contributed by atoms with Crippen LogP contribution in [0.25, 0.3) is 11.0 Å². The maximum Gasteiger partial charge on any atom is 0.291 e. The molecule has 0 aliphatic carbocycles. The summed E-state index contributed by atoms with van der Waals surface area (Å²) in [5, 5.41) is 0.460. The zero-order valence-electron chi connectivity index (χ0n) is 17.0. The van der Waals surface area contributed by atoms with Crippen LogP contribution in [0.1, 0.15) is 46.8 Å². The van der Waals surface area contributed by atoms with Crippen LogP contribution in [0.3, 0.4) is 0 Å². The molecule has 1 aliphatic heterocycles. The maximum atomic E-state index is 13.4. The van der Waals surface area contributed by atoms with Crippen LogP contribution in [0.5, 0.6) is 5.75 Å². The fourth-order valence-corrected chi connectivity index (χ4v) is 4.01. The van der Waals surface area contributed by atoms with Crippen LogP contribution in [0.4, 0.5) is 0 Å². The zero-order valence-corrected chi connectivity index (χ0v) is 17.0. The van der Waals surface area contributed by atoms with E-state index < -0.39 is 6.04 Å². The molecule has 0 bridgehead atoms. The minimum absolute atomic E-state index is 0.0894. The van der Waals surface area contributed by atoms with E-state index in [4.69, 9.17) is 13.6 Å². The quantitative estimate of drug-likeness (QED) is 0.447. The molecule has 1 aliphatic rings. The Labute approximate surface area is 178 Å². The van der Waals surface area contributed by atoms with Crippen molar-refractivity contribution in [1.29, 1.82) is 0 Å². The Morgan fingerprint density at radius 3 is 2.55 bits per heavy atom. The summed E-state index contributed by atoms with van der Waals surface area (Å²) in [6.07, 6.45) is 2.48. The molecule has 6 nitrogen and oxygen atoms in total. The fourth-order valence-electron chi connectivity index (χ4n) is 4.01. The average Bonchev–Trinajstić information content (AvgIpc) is 3.41. The van der Waals surface area contributed by atoms with Gasteiger partial charge >= 0.3 is 0 Å². The van der Waals surface area contributed by atoms with E-state index in [0.717, 1.165) is 17.7 Å². The lowest BCUT2D eigenvalue weighted by Crippen LogP contribution is -2.29. The van der Waals surface area contributed by atoms with Crippen LogP contribution >= 0.6 is 0 Å². The highest BCUT2D eigenvalue weighted by molar-refractivity contribution is 5.99. The van der Waals surface area contributed by atoms with Gasteiger partial charge < -0.3 is 18.5 Å². The van der Waals surface area contributed by atoms with Gasteiger partial charge in [0.15, 0.2) is 5.43 Å². The second-order valence-corrected chi connectivity index (χ2v) is 7.50. The number of carbonyl (C=O) groups excluding carboxylic acids is 1. The van der Waals surface area contributed by atoms with Crippen molar-refractivity contribution in [3.63, 3.8) is 0 Å². The molecule has 0 radical (unpaired) electrons. The summed E-state index contributed by atoms with van der Waals surface area (Å²) in [7, 11) is 0. The monoisotopic (exact) mass is 415 g/mol. The summed E-state index contributed by atoms with van der Waals surface area (Å²) in [5.74, 6) is 1.14. The van der Waals surface area contributed by atoms with E-state index in [1.807, 2.05) is 31.2 Å². The number of para-hydroxylation sites is 1. The summed E-state index contributed by atoms with van der Waals surface area (Å²) in [5.41, 5.74) is 1.38. The number of benzene rings is 2. The van der Waals surface area contributed by atoms with Crippen LogP contribution in [0.15, 0.2) is 80.6 Å². The molecule has 0 spiro atoms. The normalized spacial score (nSPS) is 15.5. The molecule has 1 atom stereocenters. The third-order valence-electron chi connectivity index (χ3n) is 5.45. The third kappa shape index (κ3) is 3.30. The molecule has 1 amide bonds. The molecule has 2 aromatic heterocycles. The second kappa shape index (κ2) is 7.80. The summed E-state index contributed by atoms with van der Waals surface area (Å²) >= 11 is 0. The van der Waals surface area contributed by atoms with Gasteiger partial charge in [-0.1, -0.05) is 31.2 Å². The Balaban J connectivity index is 1.65. The van der Waals surface area contributed by atoms with Crippen molar-refractivity contribution in [1.82, 2.24) is 4.90 Å². The molecule has 4 aromatic rings. The van der Waals surface area contributed by atoms with E-state index in [2.05, 4.69) is 0 Å². The van der Waals surface area contributed by atoms with E-state index in [0.29, 0.717) is 28.9 Å². The molecule has 5 rings (SSSR count). The predicted octanol–water partition coefficient (Wildman–Crippen LogP) is 4.92. The number of hydrogen-bond donors (Lipinski definition) is 0. The molecule has 3 heterocycles. The van der Waals surface area contributed by atoms with Gasteiger partial charge in [0, 0.05) is 0 Å². The zero-order chi connectivity index (χ0) is 21.4. The number of ether oxygens (including phenoxy) is 1. The van der Waals surface area contributed by atoms with Gasteiger partial charge in [-0.25, -0.2) is 0 Å². The summed E-state index contributed by atoms with van der Waals surface area (Å²) in [6.45, 7) is 2.90. The molecular formula is C25H21NO5. The first-order valence-electron chi connectivity index (χ1n) is 10.3. The van der Waals surface area contributed by atoms with Gasteiger partial charge in [-0.2, -0.15) is 0 Å². The molecular weight excluding hydrogens is 394 g/mol. The van der Waals surface area contributed by atoms with Crippen molar-refractivity contribution >= 4 is 16.9 Å². The summed E-state index contributed by atoms with van der Waals surface area (Å²) in [4.78, 5) is 28.4. The average molecular weight is 415 g/mol. The Morgan fingerprint density at radius 1 is 1.00 bits per heavy atom. The van der Waals surface area contributed by atoms with Crippen molar-refractivity contribution in [3.8, 4) is 5.75 Å². The fraction of sp³-hybridized carbons (Fsp3) is 0.200. The molecule has 31 heavy (non-hydrogen) atoms. The van der Waals surface area contributed by atoms with Crippen LogP contribution < -0.4 is 10.2 Å². The van der Waals surface area contributed by atoms with Crippen LogP contribution in [0.2, 0.25) is 0 Å². The predicted molar refractivity (Wildman–Crippen MR) is 115 cm³/mol. The van der Waals surface area contributed by atoms with Gasteiger partial charge in [0.25, 0.3) is 5.91 Å². The molecule has 2 aromatic carbocycles. The lowest BCUT2D eigenvalue weighted by atomic mass is 9.98. The Kier molecular flexibility index (Phi) is 4.82. The highest BCUT2D eigenvalue weighted by Crippen LogP contribution is 2.39. The van der Waals surface area contributed by atoms with Crippen molar-refractivity contribution in [2.75, 3.05) is 6.61 Å². The van der Waals surface area contributed by atoms with E-state index in [9.17, 15) is 9.59 Å². The van der Waals surface area contributed by atoms with E-state index in [-0.39, 0.29) is 23.6 Å². The van der Waals surface area contributed by atoms with E-state index >= 15 is 0 Å². The first-order chi connectivity index (χ1) is 15.2. The summed E-state index contributed by atoms with van der Waals surface area (Å²) < 4.78 is 17.1. The minimum Gasteiger partial charge on any atom is -0.494 e. The molecule has 0 saturated heterocycles. The van der Waals surface area contributed by atoms with E-state index in [1.165, 1.54) is 0 Å². The van der Waals surface area contributed by atoms with E-state index in [1.54, 1.807) is 47.6 Å². The third-order valence-corrected chi connectivity index (χ3v) is 5.45. The topological polar surface area (TPSA) is 72.9 Å². The van der Waals surface area contributed by atoms with Crippen molar-refractivity contribution in [3.05, 3.63) is 99.8 Å². The van der Waals surface area contributed by atoms with Crippen molar-refractivity contribution in [2.45, 2.75) is 25.9 Å². The molecule has 156 valence electrons. The standard InChI is InChI=1S/C25H21NO5/c1-2-13-29-17-11-9-16(10-12-17)22-21-23(27)19-7-3-4-8-20(19)31-24(21)25(28)26(22)15-18-6-5-14-30-18/h3-12,14,22H,2,13,15H2,1H3/t22-/m1/s1. The number of fused-ring (bicyclic) bond motifs is 2. The number of amides is 1. The Morgan fingerprint density at radius 2 is 1.81 bits per heavy atom. The van der Waals surface area contributed by atoms with Crippen molar-refractivity contribution < 1.29 is 18.4 Å². The Bertz CT molecular complexity index is 1290. The van der Waals surface area contributed by atoms with Gasteiger partial charge in [-0.15, -0.1) is 0 Å². The first-order valence-corrected chi connectivity index (χ1v) is 10.3. The minimum atomic E-state index is -0.575. The number of nitrogens with zero attached hydrogens (tertiary/aromatic N) is 1. The maximum absolute atomic E-state index is 13.4. The number of rotatable bonds is 6. The van der Waals surface area contributed by atoms with Crippen molar-refractivity contribution in [2.24, 2.45) is 0 Å². The van der Waals surface area contributed by atoms with Gasteiger partial charge in [-0.05, 0) is 48.4 Å². The highest BCUT2D eigenvalue weighted by Gasteiger charge is 2.43. The van der Waals surface area contributed by atoms with Crippen LogP contribution in [-0.2, 0) is 6.54 Å². The molecule has 0 unspecified atom stereocenters. The number of carbonyl (C=O) groups is 1. The lowest BCUT2D eigenvalue weighted by molar-refractivity contribution is 0.0701. The van der Waals surface area contributed by atoms with Gasteiger partial charge in [0.05, 0.1) is 36.4 Å². The second-order valence-electron chi connectivity index (χ2n) is 7.50. The lowest BCUT2D eigenvalue weighted by Gasteiger charge is -2.24. The van der Waals surface area contributed by atoms with Crippen LogP contribution in [0, 0.1) is 0 Å². The smallest absolute Gasteiger partial charge is 0.291 e. The van der Waals surface area contributed by atoms with Gasteiger partial charge in [0.1, 0.15) is 17.1 Å². The SMILES string of the molecule is CCCOc1ccc([C@@H]2c3c(oc4ccccc4c3=O)C(=O)N2Cc2ccco2)cc1. The number of furan rings is 1. The van der Waals surface area contributed by atoms with Crippen LogP contribution in [-0.4, -0.2) is 17.4 Å². The largest absolute Gasteiger partial charge is 0.494 e. The summed E-state index contributed by atoms with van der Waals surface area (Å²) in [6, 6.07) is 17.5.